The molecule has 0 radical (unpaired) electrons. The lowest BCUT2D eigenvalue weighted by molar-refractivity contribution is 0.0310. The van der Waals surface area contributed by atoms with Crippen molar-refractivity contribution in [3.05, 3.63) is 76.7 Å². The zero-order chi connectivity index (χ0) is 21.8. The molecule has 31 heavy (non-hydrogen) atoms. The van der Waals surface area contributed by atoms with Crippen molar-refractivity contribution in [2.45, 2.75) is 25.5 Å². The van der Waals surface area contributed by atoms with Crippen molar-refractivity contribution < 1.29 is 18.7 Å². The zero-order valence-electron chi connectivity index (χ0n) is 16.8. The number of anilines is 1. The van der Waals surface area contributed by atoms with Gasteiger partial charge in [-0.2, -0.15) is 0 Å². The Kier molecular flexibility index (Phi) is 4.48. The molecule has 1 fully saturated rings. The molecular formula is C23H20F2N4O2. The minimum Gasteiger partial charge on any atom is -0.386 e. The Morgan fingerprint density at radius 1 is 1.16 bits per heavy atom. The molecule has 0 aliphatic carbocycles. The normalized spacial score (nSPS) is 16.6. The van der Waals surface area contributed by atoms with Gasteiger partial charge < -0.3 is 15.3 Å². The number of β-amino-alcohol motifs (C(OH)–C–C–N with tert-alkyl or cyclic N) is 1. The van der Waals surface area contributed by atoms with Crippen molar-refractivity contribution in [3.63, 3.8) is 0 Å². The average molecular weight is 422 g/mol. The molecule has 4 heterocycles. The van der Waals surface area contributed by atoms with Crippen LogP contribution in [0, 0.1) is 11.6 Å². The number of carbonyl (C=O) groups is 1. The molecule has 6 nitrogen and oxygen atoms in total. The van der Waals surface area contributed by atoms with Gasteiger partial charge in [0.25, 0.3) is 5.91 Å². The third kappa shape index (κ3) is 3.53. The Balaban J connectivity index is 1.49. The van der Waals surface area contributed by atoms with Crippen molar-refractivity contribution >= 4 is 11.6 Å². The number of nitrogens with zero attached hydrogens (tertiary/aromatic N) is 3. The summed E-state index contributed by atoms with van der Waals surface area (Å²) in [5.41, 5.74) is 2.40. The van der Waals surface area contributed by atoms with Crippen LogP contribution in [0.2, 0.25) is 0 Å². The molecular weight excluding hydrogens is 402 g/mol. The number of hydrogen-bond donors (Lipinski definition) is 2. The van der Waals surface area contributed by atoms with Gasteiger partial charge in [0, 0.05) is 25.2 Å². The van der Waals surface area contributed by atoms with E-state index in [1.807, 2.05) is 17.0 Å². The third-order valence-corrected chi connectivity index (χ3v) is 5.65. The smallest absolute Gasteiger partial charge is 0.253 e. The van der Waals surface area contributed by atoms with E-state index in [0.29, 0.717) is 42.0 Å². The van der Waals surface area contributed by atoms with Gasteiger partial charge in [-0.1, -0.05) is 6.07 Å². The van der Waals surface area contributed by atoms with Crippen molar-refractivity contribution in [1.29, 1.82) is 0 Å². The van der Waals surface area contributed by atoms with Crippen LogP contribution in [-0.2, 0) is 13.0 Å². The van der Waals surface area contributed by atoms with E-state index in [4.69, 9.17) is 0 Å². The highest BCUT2D eigenvalue weighted by Crippen LogP contribution is 2.31. The molecule has 2 aliphatic heterocycles. The van der Waals surface area contributed by atoms with E-state index < -0.39 is 17.2 Å². The third-order valence-electron chi connectivity index (χ3n) is 5.65. The Morgan fingerprint density at radius 2 is 1.90 bits per heavy atom. The van der Waals surface area contributed by atoms with Crippen molar-refractivity contribution in [2.24, 2.45) is 0 Å². The fourth-order valence-electron chi connectivity index (χ4n) is 4.19. The molecule has 0 atom stereocenters. The van der Waals surface area contributed by atoms with E-state index in [-0.39, 0.29) is 23.7 Å². The van der Waals surface area contributed by atoms with E-state index in [2.05, 4.69) is 15.3 Å². The summed E-state index contributed by atoms with van der Waals surface area (Å²) in [4.78, 5) is 23.2. The number of hydrogen-bond acceptors (Lipinski definition) is 5. The molecule has 2 N–H and O–H groups in total. The topological polar surface area (TPSA) is 78.3 Å². The van der Waals surface area contributed by atoms with Gasteiger partial charge in [-0.15, -0.1) is 0 Å². The van der Waals surface area contributed by atoms with Crippen LogP contribution in [0.1, 0.15) is 34.2 Å². The standard InChI is InChI=1S/C23H20F2N4O2/c1-23(31)11-29(12-23)15-6-5-14(26-9-15)7-13-8-18(21-16(24)3-2-4-17(21)25)28-19-10-27-22(30)20(13)19/h2-6,8-9,31H,7,10-12H2,1H3,(H,27,30). The second kappa shape index (κ2) is 7.09. The maximum atomic E-state index is 14.3. The van der Waals surface area contributed by atoms with E-state index in [9.17, 15) is 18.7 Å². The van der Waals surface area contributed by atoms with E-state index in [1.54, 1.807) is 19.2 Å². The number of fused-ring (bicyclic) bond motifs is 1. The number of benzene rings is 1. The van der Waals surface area contributed by atoms with Gasteiger partial charge in [-0.3, -0.25) is 9.78 Å². The maximum Gasteiger partial charge on any atom is 0.253 e. The van der Waals surface area contributed by atoms with Gasteiger partial charge in [-0.25, -0.2) is 13.8 Å². The van der Waals surface area contributed by atoms with Gasteiger partial charge in [0.05, 0.1) is 46.5 Å². The van der Waals surface area contributed by atoms with Gasteiger partial charge in [0.1, 0.15) is 11.6 Å². The van der Waals surface area contributed by atoms with Crippen LogP contribution in [0.3, 0.4) is 0 Å². The molecule has 8 heteroatoms. The predicted octanol–water partition coefficient (Wildman–Crippen LogP) is 2.83. The van der Waals surface area contributed by atoms with Crippen LogP contribution < -0.4 is 10.2 Å². The first-order valence-electron chi connectivity index (χ1n) is 9.98. The number of aliphatic hydroxyl groups is 1. The van der Waals surface area contributed by atoms with Crippen LogP contribution in [0.25, 0.3) is 11.3 Å². The fourth-order valence-corrected chi connectivity index (χ4v) is 4.19. The molecule has 3 aromatic rings. The number of halogens is 2. The molecule has 0 spiro atoms. The van der Waals surface area contributed by atoms with Crippen LogP contribution in [0.4, 0.5) is 14.5 Å². The van der Waals surface area contributed by atoms with E-state index in [1.165, 1.54) is 18.2 Å². The summed E-state index contributed by atoms with van der Waals surface area (Å²) in [5, 5.41) is 12.6. The molecule has 2 aromatic heterocycles. The molecule has 158 valence electrons. The molecule has 0 unspecified atom stereocenters. The number of pyridine rings is 2. The summed E-state index contributed by atoms with van der Waals surface area (Å²) in [6.07, 6.45) is 2.04. The Bertz CT molecular complexity index is 1170. The van der Waals surface area contributed by atoms with Crippen LogP contribution in [0.15, 0.2) is 42.6 Å². The quantitative estimate of drug-likeness (QED) is 0.676. The summed E-state index contributed by atoms with van der Waals surface area (Å²) in [5.74, 6) is -1.66. The summed E-state index contributed by atoms with van der Waals surface area (Å²) in [6.45, 7) is 3.09. The van der Waals surface area contributed by atoms with Gasteiger partial charge in [-0.05, 0) is 42.8 Å². The van der Waals surface area contributed by atoms with E-state index >= 15 is 0 Å². The fraction of sp³-hybridized carbons (Fsp3) is 0.261. The number of amides is 1. The lowest BCUT2D eigenvalue weighted by Gasteiger charge is -2.45. The van der Waals surface area contributed by atoms with Crippen LogP contribution in [0.5, 0.6) is 0 Å². The minimum atomic E-state index is -0.705. The second-order valence-corrected chi connectivity index (χ2v) is 8.31. The van der Waals surface area contributed by atoms with Crippen molar-refractivity contribution in [1.82, 2.24) is 15.3 Å². The minimum absolute atomic E-state index is 0.153. The first-order valence-corrected chi connectivity index (χ1v) is 9.98. The predicted molar refractivity (Wildman–Crippen MR) is 111 cm³/mol. The van der Waals surface area contributed by atoms with Gasteiger partial charge >= 0.3 is 0 Å². The zero-order valence-corrected chi connectivity index (χ0v) is 16.8. The van der Waals surface area contributed by atoms with Crippen molar-refractivity contribution in [2.75, 3.05) is 18.0 Å². The highest BCUT2D eigenvalue weighted by atomic mass is 19.1. The van der Waals surface area contributed by atoms with Gasteiger partial charge in [0.15, 0.2) is 0 Å². The number of nitrogens with one attached hydrogen (secondary N) is 1. The van der Waals surface area contributed by atoms with Gasteiger partial charge in [0.2, 0.25) is 0 Å². The molecule has 5 rings (SSSR count). The molecule has 2 aliphatic rings. The number of rotatable bonds is 4. The van der Waals surface area contributed by atoms with Crippen molar-refractivity contribution in [3.8, 4) is 11.3 Å². The molecule has 0 saturated carbocycles. The summed E-state index contributed by atoms with van der Waals surface area (Å²) in [6, 6.07) is 9.00. The largest absolute Gasteiger partial charge is 0.386 e. The van der Waals surface area contributed by atoms with Crippen LogP contribution in [-0.4, -0.2) is 39.7 Å². The molecule has 0 bridgehead atoms. The Hall–Kier alpha value is -3.39. The molecule has 1 amide bonds. The average Bonchev–Trinajstić information content (AvgIpc) is 3.08. The monoisotopic (exact) mass is 422 g/mol. The Morgan fingerprint density at radius 3 is 2.55 bits per heavy atom. The lowest BCUT2D eigenvalue weighted by atomic mass is 9.96. The highest BCUT2D eigenvalue weighted by molar-refractivity contribution is 5.99. The first-order chi connectivity index (χ1) is 14.8. The highest BCUT2D eigenvalue weighted by Gasteiger charge is 2.36. The molecule has 1 saturated heterocycles. The molecule has 1 aromatic carbocycles. The number of carbonyl (C=O) groups excluding carboxylic acids is 1. The first kappa shape index (κ1) is 19.6. The summed E-state index contributed by atoms with van der Waals surface area (Å²) < 4.78 is 28.7. The maximum absolute atomic E-state index is 14.3. The van der Waals surface area contributed by atoms with E-state index in [0.717, 1.165) is 5.69 Å². The summed E-state index contributed by atoms with van der Waals surface area (Å²) in [7, 11) is 0. The van der Waals surface area contributed by atoms with Crippen LogP contribution >= 0.6 is 0 Å². The summed E-state index contributed by atoms with van der Waals surface area (Å²) >= 11 is 0. The lowest BCUT2D eigenvalue weighted by Crippen LogP contribution is -2.60. The number of aromatic nitrogens is 2. The Labute approximate surface area is 177 Å². The second-order valence-electron chi connectivity index (χ2n) is 8.31. The SMILES string of the molecule is CC1(O)CN(c2ccc(Cc3cc(-c4c(F)cccc4F)nc4c3C(=O)NC4)nc2)C1.